The fraction of sp³-hybridized carbons (Fsp3) is 0.333. The quantitative estimate of drug-likeness (QED) is 0.446. The number of nitrogens with one attached hydrogen (secondary N) is 4. The van der Waals surface area contributed by atoms with Crippen molar-refractivity contribution in [3.8, 4) is 0 Å². The Labute approximate surface area is 199 Å². The highest BCUT2D eigenvalue weighted by Crippen LogP contribution is 2.21. The zero-order valence-electron chi connectivity index (χ0n) is 17.9. The van der Waals surface area contributed by atoms with Crippen LogP contribution < -0.4 is 26.2 Å². The van der Waals surface area contributed by atoms with Crippen molar-refractivity contribution in [3.05, 3.63) is 45.6 Å². The van der Waals surface area contributed by atoms with Gasteiger partial charge >= 0.3 is 6.03 Å². The molecule has 1 fully saturated rings. The van der Waals surface area contributed by atoms with E-state index in [1.165, 1.54) is 0 Å². The predicted octanol–water partition coefficient (Wildman–Crippen LogP) is 1.82. The van der Waals surface area contributed by atoms with Crippen molar-refractivity contribution in [2.45, 2.75) is 13.0 Å². The number of anilines is 2. The lowest BCUT2D eigenvalue weighted by Crippen LogP contribution is -2.53. The second kappa shape index (κ2) is 11.6. The molecule has 10 nitrogen and oxygen atoms in total. The van der Waals surface area contributed by atoms with Gasteiger partial charge in [0.25, 0.3) is 11.8 Å². The average molecular weight is 494 g/mol. The molecule has 176 valence electrons. The molecule has 1 aromatic heterocycles. The molecule has 1 aliphatic rings. The number of urea groups is 1. The molecule has 0 spiro atoms. The molecule has 2 aromatic rings. The van der Waals surface area contributed by atoms with Crippen molar-refractivity contribution < 1.29 is 23.9 Å². The van der Waals surface area contributed by atoms with E-state index in [1.54, 1.807) is 48.2 Å². The van der Waals surface area contributed by atoms with Crippen molar-refractivity contribution in [2.24, 2.45) is 0 Å². The third-order valence-corrected chi connectivity index (χ3v) is 5.89. The first kappa shape index (κ1) is 24.5. The van der Waals surface area contributed by atoms with Crippen molar-refractivity contribution in [1.29, 1.82) is 0 Å². The number of thiophene rings is 1. The first-order chi connectivity index (χ1) is 15.9. The van der Waals surface area contributed by atoms with E-state index in [2.05, 4.69) is 21.3 Å². The second-order valence-corrected chi connectivity index (χ2v) is 8.72. The number of rotatable bonds is 8. The van der Waals surface area contributed by atoms with E-state index in [0.29, 0.717) is 40.3 Å². The first-order valence-corrected chi connectivity index (χ1v) is 11.4. The Hall–Kier alpha value is -3.15. The highest BCUT2D eigenvalue weighted by atomic mass is 35.5. The number of ether oxygens (including phenoxy) is 1. The molecule has 5 amide bonds. The van der Waals surface area contributed by atoms with Crippen LogP contribution in [0.3, 0.4) is 0 Å². The van der Waals surface area contributed by atoms with Gasteiger partial charge in [0.15, 0.2) is 0 Å². The minimum Gasteiger partial charge on any atom is -0.370 e. The molecule has 1 atom stereocenters. The third kappa shape index (κ3) is 6.91. The standard InChI is InChI=1S/C21H24ClN5O5S/c1-2-23-21(31)26-15(11-24-20(30)16-7-8-17(22)33-16)19(29)25-13-3-5-14(6-4-13)27-9-10-32-12-18(27)28/h3-8,15H,2,9-12H2,1H3,(H,24,30)(H,25,29)(H2,23,26,31)/t15-/m0/s1. The maximum absolute atomic E-state index is 12.8. The zero-order chi connectivity index (χ0) is 23.8. The zero-order valence-corrected chi connectivity index (χ0v) is 19.4. The molecule has 4 N–H and O–H groups in total. The van der Waals surface area contributed by atoms with Gasteiger partial charge < -0.3 is 30.9 Å². The summed E-state index contributed by atoms with van der Waals surface area (Å²) in [7, 11) is 0. The highest BCUT2D eigenvalue weighted by molar-refractivity contribution is 7.18. The minimum atomic E-state index is -1.03. The smallest absolute Gasteiger partial charge is 0.315 e. The van der Waals surface area contributed by atoms with Crippen LogP contribution in [0.4, 0.5) is 16.2 Å². The number of amides is 5. The molecule has 0 radical (unpaired) electrons. The number of hydrogen-bond donors (Lipinski definition) is 4. The molecule has 1 aromatic carbocycles. The number of benzene rings is 1. The number of carbonyl (C=O) groups excluding carboxylic acids is 4. The summed E-state index contributed by atoms with van der Waals surface area (Å²) in [5, 5.41) is 10.5. The maximum Gasteiger partial charge on any atom is 0.315 e. The van der Waals surface area contributed by atoms with Crippen LogP contribution in [0.15, 0.2) is 36.4 Å². The summed E-state index contributed by atoms with van der Waals surface area (Å²) in [5.41, 5.74) is 1.17. The highest BCUT2D eigenvalue weighted by Gasteiger charge is 2.23. The van der Waals surface area contributed by atoms with Crippen molar-refractivity contribution in [3.63, 3.8) is 0 Å². The van der Waals surface area contributed by atoms with E-state index in [-0.39, 0.29) is 19.1 Å². The molecule has 0 aliphatic carbocycles. The molecule has 33 heavy (non-hydrogen) atoms. The van der Waals surface area contributed by atoms with Gasteiger partial charge in [0.05, 0.1) is 15.8 Å². The molecule has 0 saturated carbocycles. The molecule has 0 bridgehead atoms. The summed E-state index contributed by atoms with van der Waals surface area (Å²) < 4.78 is 5.60. The van der Waals surface area contributed by atoms with Crippen molar-refractivity contribution in [1.82, 2.24) is 16.0 Å². The molecule has 3 rings (SSSR count). The molecular weight excluding hydrogens is 470 g/mol. The van der Waals surface area contributed by atoms with E-state index in [0.717, 1.165) is 11.3 Å². The van der Waals surface area contributed by atoms with E-state index in [4.69, 9.17) is 16.3 Å². The van der Waals surface area contributed by atoms with Crippen LogP contribution in [0, 0.1) is 0 Å². The third-order valence-electron chi connectivity index (χ3n) is 4.66. The van der Waals surface area contributed by atoms with Gasteiger partial charge in [0.2, 0.25) is 5.91 Å². The van der Waals surface area contributed by atoms with Crippen LogP contribution in [0.5, 0.6) is 0 Å². The molecule has 1 saturated heterocycles. The monoisotopic (exact) mass is 493 g/mol. The van der Waals surface area contributed by atoms with E-state index in [1.807, 2.05) is 0 Å². The fourth-order valence-electron chi connectivity index (χ4n) is 3.04. The van der Waals surface area contributed by atoms with Crippen LogP contribution in [0.25, 0.3) is 0 Å². The summed E-state index contributed by atoms with van der Waals surface area (Å²) in [6.45, 7) is 2.95. The largest absolute Gasteiger partial charge is 0.370 e. The molecule has 1 aliphatic heterocycles. The van der Waals surface area contributed by atoms with Crippen molar-refractivity contribution in [2.75, 3.05) is 43.1 Å². The van der Waals surface area contributed by atoms with Gasteiger partial charge in [-0.05, 0) is 43.3 Å². The van der Waals surface area contributed by atoms with Gasteiger partial charge in [-0.1, -0.05) is 11.6 Å². The average Bonchev–Trinajstić information content (AvgIpc) is 3.24. The normalized spacial score (nSPS) is 14.4. The predicted molar refractivity (Wildman–Crippen MR) is 126 cm³/mol. The number of halogens is 1. The van der Waals surface area contributed by atoms with E-state index in [9.17, 15) is 19.2 Å². The Morgan fingerprint density at radius 1 is 1.15 bits per heavy atom. The van der Waals surface area contributed by atoms with Crippen LogP contribution in [-0.2, 0) is 14.3 Å². The van der Waals surface area contributed by atoms with Crippen LogP contribution in [0.1, 0.15) is 16.6 Å². The number of morpholine rings is 1. The van der Waals surface area contributed by atoms with Crippen molar-refractivity contribution >= 4 is 58.1 Å². The summed E-state index contributed by atoms with van der Waals surface area (Å²) in [5.74, 6) is -1.05. The summed E-state index contributed by atoms with van der Waals surface area (Å²) in [4.78, 5) is 51.1. The lowest BCUT2D eigenvalue weighted by Gasteiger charge is -2.27. The first-order valence-electron chi connectivity index (χ1n) is 10.2. The minimum absolute atomic E-state index is 0.0368. The Bertz CT molecular complexity index is 1010. The molecular formula is C21H24ClN5O5S. The molecule has 12 heteroatoms. The Balaban J connectivity index is 1.63. The lowest BCUT2D eigenvalue weighted by atomic mass is 10.2. The van der Waals surface area contributed by atoms with Crippen LogP contribution in [-0.4, -0.2) is 62.6 Å². The molecule has 2 heterocycles. The van der Waals surface area contributed by atoms with Crippen LogP contribution >= 0.6 is 22.9 Å². The fourth-order valence-corrected chi connectivity index (χ4v) is 4.00. The van der Waals surface area contributed by atoms with Gasteiger partial charge in [0, 0.05) is 31.0 Å². The summed E-state index contributed by atoms with van der Waals surface area (Å²) in [6, 6.07) is 8.36. The number of nitrogens with zero attached hydrogens (tertiary/aromatic N) is 1. The Morgan fingerprint density at radius 2 is 1.91 bits per heavy atom. The maximum atomic E-state index is 12.8. The summed E-state index contributed by atoms with van der Waals surface area (Å²) in [6.07, 6.45) is 0. The molecule has 0 unspecified atom stereocenters. The lowest BCUT2D eigenvalue weighted by molar-refractivity contribution is -0.125. The Morgan fingerprint density at radius 3 is 2.55 bits per heavy atom. The van der Waals surface area contributed by atoms with E-state index < -0.39 is 23.9 Å². The van der Waals surface area contributed by atoms with Gasteiger partial charge in [-0.25, -0.2) is 4.79 Å². The number of carbonyl (C=O) groups is 4. The summed E-state index contributed by atoms with van der Waals surface area (Å²) >= 11 is 6.97. The SMILES string of the molecule is CCNC(=O)N[C@@H](CNC(=O)c1ccc(Cl)s1)C(=O)Nc1ccc(N2CCOCC2=O)cc1. The van der Waals surface area contributed by atoms with Crippen LogP contribution in [0.2, 0.25) is 4.34 Å². The van der Waals surface area contributed by atoms with Gasteiger partial charge in [-0.3, -0.25) is 14.4 Å². The second-order valence-electron chi connectivity index (χ2n) is 7.00. The Kier molecular flexibility index (Phi) is 8.64. The number of hydrogen-bond acceptors (Lipinski definition) is 6. The van der Waals surface area contributed by atoms with Gasteiger partial charge in [-0.2, -0.15) is 0 Å². The van der Waals surface area contributed by atoms with Gasteiger partial charge in [-0.15, -0.1) is 11.3 Å². The van der Waals surface area contributed by atoms with E-state index >= 15 is 0 Å². The topological polar surface area (TPSA) is 129 Å². The van der Waals surface area contributed by atoms with Gasteiger partial charge in [0.1, 0.15) is 12.6 Å².